The van der Waals surface area contributed by atoms with E-state index in [2.05, 4.69) is 42.1 Å². The third-order valence-electron chi connectivity index (χ3n) is 7.41. The summed E-state index contributed by atoms with van der Waals surface area (Å²) in [5.74, 6) is -1.04. The van der Waals surface area contributed by atoms with Crippen molar-refractivity contribution >= 4 is 50.0 Å². The standard InChI is InChI=1S/C35H33ClN4O3S/c1-19(2)40-28-12-9-22(16-24(28)18-38-40)26-17-23(13-14-37-26)33-39-27-15-20(3)29(31(34(41)42)43-35(4,5)6)30(32(27)44-33)21-7-10-25(36)11-8-21/h7-19,31H,1-6H3,(H,41,42)/t31-/m0/s1. The Morgan fingerprint density at radius 3 is 2.41 bits per heavy atom. The average molecular weight is 625 g/mol. The van der Waals surface area contributed by atoms with Crippen LogP contribution in [0.5, 0.6) is 0 Å². The summed E-state index contributed by atoms with van der Waals surface area (Å²) >= 11 is 7.77. The van der Waals surface area contributed by atoms with Gasteiger partial charge in [-0.25, -0.2) is 9.78 Å². The molecule has 0 saturated carbocycles. The van der Waals surface area contributed by atoms with Gasteiger partial charge < -0.3 is 9.84 Å². The second kappa shape index (κ2) is 11.4. The number of aromatic nitrogens is 4. The van der Waals surface area contributed by atoms with Crippen LogP contribution in [0.25, 0.3) is 54.1 Å². The number of rotatable bonds is 7. The lowest BCUT2D eigenvalue weighted by Gasteiger charge is -2.28. The summed E-state index contributed by atoms with van der Waals surface area (Å²) in [5, 5.41) is 17.4. The Balaban J connectivity index is 1.50. The number of fused-ring (bicyclic) bond motifs is 2. The van der Waals surface area contributed by atoms with Crippen LogP contribution in [0.2, 0.25) is 5.02 Å². The number of nitrogens with zero attached hydrogens (tertiary/aromatic N) is 4. The number of halogens is 1. The van der Waals surface area contributed by atoms with Crippen LogP contribution < -0.4 is 0 Å². The highest BCUT2D eigenvalue weighted by Gasteiger charge is 2.32. The smallest absolute Gasteiger partial charge is 0.337 e. The fourth-order valence-electron chi connectivity index (χ4n) is 5.51. The minimum Gasteiger partial charge on any atom is -0.479 e. The van der Waals surface area contributed by atoms with Crippen molar-refractivity contribution < 1.29 is 14.6 Å². The van der Waals surface area contributed by atoms with Gasteiger partial charge in [0.1, 0.15) is 5.01 Å². The van der Waals surface area contributed by atoms with Crippen molar-refractivity contribution in [2.45, 2.75) is 59.3 Å². The first-order chi connectivity index (χ1) is 20.9. The Kier molecular flexibility index (Phi) is 7.78. The molecule has 0 aliphatic carbocycles. The number of ether oxygens (including phenoxy) is 1. The zero-order chi connectivity index (χ0) is 31.3. The van der Waals surface area contributed by atoms with E-state index in [1.165, 1.54) is 11.3 Å². The summed E-state index contributed by atoms with van der Waals surface area (Å²) in [6.07, 6.45) is 2.52. The van der Waals surface area contributed by atoms with Crippen molar-refractivity contribution in [3.05, 3.63) is 89.2 Å². The zero-order valence-electron chi connectivity index (χ0n) is 25.4. The van der Waals surface area contributed by atoms with Gasteiger partial charge in [-0.3, -0.25) is 9.67 Å². The third-order valence-corrected chi connectivity index (χ3v) is 8.80. The molecule has 0 radical (unpaired) electrons. The number of pyridine rings is 1. The number of aryl methyl sites for hydroxylation is 1. The Hall–Kier alpha value is -4.11. The van der Waals surface area contributed by atoms with Gasteiger partial charge in [0.25, 0.3) is 0 Å². The van der Waals surface area contributed by atoms with Crippen molar-refractivity contribution in [3.8, 4) is 33.0 Å². The van der Waals surface area contributed by atoms with Crippen LogP contribution in [0.1, 0.15) is 57.9 Å². The van der Waals surface area contributed by atoms with Gasteiger partial charge >= 0.3 is 5.97 Å². The molecule has 44 heavy (non-hydrogen) atoms. The Bertz CT molecular complexity index is 2020. The second-order valence-electron chi connectivity index (χ2n) is 12.2. The predicted octanol–water partition coefficient (Wildman–Crippen LogP) is 9.53. The molecule has 0 saturated heterocycles. The van der Waals surface area contributed by atoms with E-state index in [0.29, 0.717) is 10.6 Å². The molecule has 7 nitrogen and oxygen atoms in total. The van der Waals surface area contributed by atoms with Gasteiger partial charge in [0.2, 0.25) is 0 Å². The molecule has 0 bridgehead atoms. The number of carboxylic acids is 1. The maximum Gasteiger partial charge on any atom is 0.337 e. The third kappa shape index (κ3) is 5.73. The number of carboxylic acid groups (broad SMARTS) is 1. The van der Waals surface area contributed by atoms with Gasteiger partial charge in [-0.15, -0.1) is 11.3 Å². The van der Waals surface area contributed by atoms with Crippen LogP contribution in [0, 0.1) is 6.92 Å². The van der Waals surface area contributed by atoms with Crippen molar-refractivity contribution in [3.63, 3.8) is 0 Å². The molecule has 0 amide bonds. The molecule has 0 fully saturated rings. The van der Waals surface area contributed by atoms with Gasteiger partial charge in [-0.05, 0) is 95.1 Å². The van der Waals surface area contributed by atoms with Crippen LogP contribution in [0.3, 0.4) is 0 Å². The van der Waals surface area contributed by atoms with Gasteiger partial charge in [0.05, 0.1) is 33.2 Å². The quantitative estimate of drug-likeness (QED) is 0.190. The molecule has 1 N–H and O–H groups in total. The summed E-state index contributed by atoms with van der Waals surface area (Å²) in [7, 11) is 0. The molecular weight excluding hydrogens is 592 g/mol. The molecule has 1 atom stereocenters. The molecule has 6 rings (SSSR count). The molecule has 0 spiro atoms. The van der Waals surface area contributed by atoms with E-state index in [9.17, 15) is 9.90 Å². The van der Waals surface area contributed by atoms with Crippen LogP contribution in [0.15, 0.2) is 73.1 Å². The van der Waals surface area contributed by atoms with E-state index in [-0.39, 0.29) is 6.04 Å². The van der Waals surface area contributed by atoms with Gasteiger partial charge in [0, 0.05) is 44.9 Å². The molecule has 0 aliphatic heterocycles. The Morgan fingerprint density at radius 1 is 1.00 bits per heavy atom. The summed E-state index contributed by atoms with van der Waals surface area (Å²) in [5.41, 5.74) is 7.00. The topological polar surface area (TPSA) is 90.1 Å². The second-order valence-corrected chi connectivity index (χ2v) is 13.6. The first-order valence-corrected chi connectivity index (χ1v) is 15.6. The normalized spacial score (nSPS) is 12.8. The largest absolute Gasteiger partial charge is 0.479 e. The van der Waals surface area contributed by atoms with Crippen LogP contribution >= 0.6 is 22.9 Å². The van der Waals surface area contributed by atoms with Gasteiger partial charge in [-0.2, -0.15) is 5.10 Å². The van der Waals surface area contributed by atoms with E-state index in [1.807, 2.05) is 81.0 Å². The average Bonchev–Trinajstić information content (AvgIpc) is 3.59. The highest BCUT2D eigenvalue weighted by Crippen LogP contribution is 2.44. The Labute approximate surface area is 265 Å². The molecule has 9 heteroatoms. The first kappa shape index (κ1) is 29.9. The van der Waals surface area contributed by atoms with E-state index >= 15 is 0 Å². The van der Waals surface area contributed by atoms with E-state index < -0.39 is 17.7 Å². The molecule has 0 unspecified atom stereocenters. The van der Waals surface area contributed by atoms with E-state index in [4.69, 9.17) is 21.3 Å². The van der Waals surface area contributed by atoms with Crippen molar-refractivity contribution in [1.29, 1.82) is 0 Å². The lowest BCUT2D eigenvalue weighted by molar-refractivity contribution is -0.160. The van der Waals surface area contributed by atoms with E-state index in [0.717, 1.165) is 59.6 Å². The number of carbonyl (C=O) groups is 1. The molecule has 3 aromatic heterocycles. The number of thiazole rings is 1. The van der Waals surface area contributed by atoms with Crippen molar-refractivity contribution in [1.82, 2.24) is 19.7 Å². The van der Waals surface area contributed by atoms with Crippen molar-refractivity contribution in [2.75, 3.05) is 0 Å². The highest BCUT2D eigenvalue weighted by atomic mass is 35.5. The van der Waals surface area contributed by atoms with E-state index in [1.54, 1.807) is 6.20 Å². The summed E-state index contributed by atoms with van der Waals surface area (Å²) in [6.45, 7) is 11.7. The minimum absolute atomic E-state index is 0.270. The van der Waals surface area contributed by atoms with Crippen molar-refractivity contribution in [2.24, 2.45) is 0 Å². The predicted molar refractivity (Wildman–Crippen MR) is 178 cm³/mol. The molecule has 3 aromatic carbocycles. The molecule has 3 heterocycles. The molecular formula is C35H33ClN4O3S. The number of benzene rings is 3. The summed E-state index contributed by atoms with van der Waals surface area (Å²) in [4.78, 5) is 22.4. The van der Waals surface area contributed by atoms with Gasteiger partial charge in [0.15, 0.2) is 6.10 Å². The summed E-state index contributed by atoms with van der Waals surface area (Å²) < 4.78 is 9.04. The fraction of sp³-hybridized carbons (Fsp3) is 0.257. The number of hydrogen-bond acceptors (Lipinski definition) is 6. The van der Waals surface area contributed by atoms with Crippen LogP contribution in [0.4, 0.5) is 0 Å². The summed E-state index contributed by atoms with van der Waals surface area (Å²) in [6, 6.07) is 20.0. The first-order valence-electron chi connectivity index (χ1n) is 14.4. The van der Waals surface area contributed by atoms with Crippen LogP contribution in [-0.4, -0.2) is 36.4 Å². The number of aliphatic carboxylic acids is 1. The number of hydrogen-bond donors (Lipinski definition) is 1. The fourth-order valence-corrected chi connectivity index (χ4v) is 6.75. The maximum absolute atomic E-state index is 12.6. The minimum atomic E-state index is -1.17. The lowest BCUT2D eigenvalue weighted by Crippen LogP contribution is -2.28. The highest BCUT2D eigenvalue weighted by molar-refractivity contribution is 7.22. The molecule has 6 aromatic rings. The monoisotopic (exact) mass is 624 g/mol. The maximum atomic E-state index is 12.6. The van der Waals surface area contributed by atoms with Gasteiger partial charge in [-0.1, -0.05) is 29.8 Å². The zero-order valence-corrected chi connectivity index (χ0v) is 27.0. The lowest BCUT2D eigenvalue weighted by atomic mass is 9.91. The molecule has 224 valence electrons. The van der Waals surface area contributed by atoms with Crippen LogP contribution in [-0.2, 0) is 9.53 Å². The Morgan fingerprint density at radius 2 is 1.73 bits per heavy atom. The molecule has 0 aliphatic rings. The SMILES string of the molecule is Cc1cc2nc(-c3ccnc(-c4ccc5c(cnn5C(C)C)c4)c3)sc2c(-c2ccc(Cl)cc2)c1[C@H](OC(C)(C)C)C(=O)O.